The molecule has 2 aromatic carbocycles. The number of hydrogen-bond acceptors (Lipinski definition) is 6. The van der Waals surface area contributed by atoms with Crippen LogP contribution in [0, 0.1) is 0 Å². The van der Waals surface area contributed by atoms with Gasteiger partial charge in [0.15, 0.2) is 0 Å². The maximum absolute atomic E-state index is 13.4. The van der Waals surface area contributed by atoms with Crippen LogP contribution in [0.1, 0.15) is 30.9 Å². The molecular formula is C26H21ClN8O2. The van der Waals surface area contributed by atoms with Crippen LogP contribution in [-0.4, -0.2) is 40.6 Å². The fraction of sp³-hybridized carbons (Fsp3) is 0.154. The minimum absolute atomic E-state index is 0.116. The summed E-state index contributed by atoms with van der Waals surface area (Å²) in [6.07, 6.45) is 4.76. The van der Waals surface area contributed by atoms with Crippen LogP contribution in [0.4, 0.5) is 5.69 Å². The Balaban J connectivity index is 1.32. The molecule has 6 rings (SSSR count). The van der Waals surface area contributed by atoms with Crippen LogP contribution in [0.15, 0.2) is 71.9 Å². The minimum atomic E-state index is -0.192. The second kappa shape index (κ2) is 9.14. The molecule has 10 nitrogen and oxygen atoms in total. The molecule has 1 atom stereocenters. The molecule has 0 fully saturated rings. The minimum Gasteiger partial charge on any atom is -0.340 e. The van der Waals surface area contributed by atoms with E-state index in [1.807, 2.05) is 42.5 Å². The van der Waals surface area contributed by atoms with Crippen molar-refractivity contribution < 1.29 is 4.79 Å². The summed E-state index contributed by atoms with van der Waals surface area (Å²) < 4.78 is 3.35. The summed E-state index contributed by atoms with van der Waals surface area (Å²) in [5.41, 5.74) is 5.57. The molecule has 0 spiro atoms. The molecule has 5 aromatic rings. The van der Waals surface area contributed by atoms with Gasteiger partial charge < -0.3 is 14.9 Å². The number of pyridine rings is 1. The van der Waals surface area contributed by atoms with Crippen molar-refractivity contribution in [2.24, 2.45) is 0 Å². The summed E-state index contributed by atoms with van der Waals surface area (Å²) in [6.45, 7) is 1.47. The van der Waals surface area contributed by atoms with Gasteiger partial charge in [-0.25, -0.2) is 4.98 Å². The molecule has 0 unspecified atom stereocenters. The maximum Gasteiger partial charge on any atom is 0.252 e. The number of halogens is 1. The van der Waals surface area contributed by atoms with Gasteiger partial charge in [0.25, 0.3) is 5.56 Å². The number of hydrogen-bond donors (Lipinski definition) is 2. The second-order valence-electron chi connectivity index (χ2n) is 8.85. The average Bonchev–Trinajstić information content (AvgIpc) is 3.65. The maximum atomic E-state index is 13.4. The molecule has 1 amide bonds. The van der Waals surface area contributed by atoms with Gasteiger partial charge in [-0.3, -0.25) is 9.59 Å². The van der Waals surface area contributed by atoms with Crippen LogP contribution < -0.4 is 10.9 Å². The molecule has 0 saturated heterocycles. The molecule has 0 aliphatic carbocycles. The van der Waals surface area contributed by atoms with E-state index in [-0.39, 0.29) is 17.5 Å². The molecular weight excluding hydrogens is 492 g/mol. The summed E-state index contributed by atoms with van der Waals surface area (Å²) in [7, 11) is 0. The van der Waals surface area contributed by atoms with E-state index in [1.54, 1.807) is 27.6 Å². The van der Waals surface area contributed by atoms with Gasteiger partial charge in [-0.15, -0.1) is 5.10 Å². The van der Waals surface area contributed by atoms with Crippen LogP contribution in [0.3, 0.4) is 0 Å². The van der Waals surface area contributed by atoms with E-state index in [4.69, 9.17) is 11.6 Å². The van der Waals surface area contributed by atoms with Gasteiger partial charge in [0.1, 0.15) is 12.2 Å². The van der Waals surface area contributed by atoms with Gasteiger partial charge in [-0.1, -0.05) is 23.7 Å². The Morgan fingerprint density at radius 2 is 1.95 bits per heavy atom. The number of amides is 1. The monoisotopic (exact) mass is 512 g/mol. The Hall–Kier alpha value is -4.57. The molecule has 0 radical (unpaired) electrons. The number of aromatic amines is 1. The van der Waals surface area contributed by atoms with Crippen molar-refractivity contribution >= 4 is 23.2 Å². The summed E-state index contributed by atoms with van der Waals surface area (Å²) >= 11 is 6.30. The van der Waals surface area contributed by atoms with Crippen molar-refractivity contribution in [3.05, 3.63) is 94.0 Å². The third kappa shape index (κ3) is 4.31. The third-order valence-electron chi connectivity index (χ3n) is 6.43. The number of aromatic nitrogens is 7. The number of carbonyl (C=O) groups excluding carboxylic acids is 1. The number of nitrogens with one attached hydrogen (secondary N) is 2. The van der Waals surface area contributed by atoms with E-state index in [1.165, 1.54) is 13.3 Å². The topological polar surface area (TPSA) is 123 Å². The van der Waals surface area contributed by atoms with Gasteiger partial charge in [0.2, 0.25) is 5.91 Å². The lowest BCUT2D eigenvalue weighted by Gasteiger charge is -2.15. The van der Waals surface area contributed by atoms with Crippen molar-refractivity contribution in [1.82, 2.24) is 34.7 Å². The van der Waals surface area contributed by atoms with Crippen LogP contribution in [0.25, 0.3) is 28.1 Å². The molecule has 184 valence electrons. The quantitative estimate of drug-likeness (QED) is 0.366. The van der Waals surface area contributed by atoms with Crippen molar-refractivity contribution in [2.45, 2.75) is 25.8 Å². The Morgan fingerprint density at radius 3 is 2.70 bits per heavy atom. The van der Waals surface area contributed by atoms with Gasteiger partial charge in [-0.2, -0.15) is 4.68 Å². The van der Waals surface area contributed by atoms with E-state index in [0.29, 0.717) is 5.02 Å². The first kappa shape index (κ1) is 22.9. The summed E-state index contributed by atoms with van der Waals surface area (Å²) in [5, 5.41) is 14.7. The van der Waals surface area contributed by atoms with Gasteiger partial charge in [0, 0.05) is 35.0 Å². The lowest BCUT2D eigenvalue weighted by molar-refractivity contribution is -0.114. The zero-order valence-corrected chi connectivity index (χ0v) is 20.5. The highest BCUT2D eigenvalue weighted by atomic mass is 35.5. The SMILES string of the molecule is CC(=O)Nc1ccc(-c2cnc([C@@H]3CCc4cc(-c5cc(Cl)ccc5-n5cnnn5)cc(=O)n43)[nH]2)cc1. The van der Waals surface area contributed by atoms with Gasteiger partial charge in [0.05, 0.1) is 23.6 Å². The zero-order chi connectivity index (χ0) is 25.5. The zero-order valence-electron chi connectivity index (χ0n) is 19.7. The average molecular weight is 513 g/mol. The number of carbonyl (C=O) groups is 1. The van der Waals surface area contributed by atoms with Crippen LogP contribution in [0.5, 0.6) is 0 Å². The van der Waals surface area contributed by atoms with E-state index < -0.39 is 0 Å². The van der Waals surface area contributed by atoms with Gasteiger partial charge >= 0.3 is 0 Å². The van der Waals surface area contributed by atoms with Gasteiger partial charge in [-0.05, 0) is 70.8 Å². The fourth-order valence-corrected chi connectivity index (χ4v) is 4.98. The molecule has 4 heterocycles. The Kier molecular flexibility index (Phi) is 5.65. The molecule has 11 heteroatoms. The fourth-order valence-electron chi connectivity index (χ4n) is 4.81. The highest BCUT2D eigenvalue weighted by Crippen LogP contribution is 2.34. The number of imidazole rings is 1. The highest BCUT2D eigenvalue weighted by molar-refractivity contribution is 6.31. The number of benzene rings is 2. The third-order valence-corrected chi connectivity index (χ3v) is 6.66. The predicted octanol–water partition coefficient (Wildman–Crippen LogP) is 4.03. The number of fused-ring (bicyclic) bond motifs is 1. The summed E-state index contributed by atoms with van der Waals surface area (Å²) in [5.74, 6) is 0.610. The first-order chi connectivity index (χ1) is 18.0. The highest BCUT2D eigenvalue weighted by Gasteiger charge is 2.28. The normalized spacial score (nSPS) is 14.5. The molecule has 0 bridgehead atoms. The molecule has 3 aromatic heterocycles. The standard InChI is InChI=1S/C26H21ClN8O2/c1-15(36)30-19-5-2-16(3-6-19)22-13-28-26(31-22)24-9-7-20-10-17(11-25(37)35(20)24)21-12-18(27)4-8-23(21)34-14-29-32-33-34/h2-6,8,10-14,24H,7,9H2,1H3,(H,28,31)(H,30,36)/t24-/m0/s1. The smallest absolute Gasteiger partial charge is 0.252 e. The number of aryl methyl sites for hydroxylation is 1. The van der Waals surface area contributed by atoms with Crippen LogP contribution in [-0.2, 0) is 11.2 Å². The summed E-state index contributed by atoms with van der Waals surface area (Å²) in [4.78, 5) is 32.6. The Morgan fingerprint density at radius 1 is 1.11 bits per heavy atom. The largest absolute Gasteiger partial charge is 0.340 e. The van der Waals surface area contributed by atoms with E-state index >= 15 is 0 Å². The molecule has 1 aliphatic rings. The lowest BCUT2D eigenvalue weighted by atomic mass is 10.0. The summed E-state index contributed by atoms with van der Waals surface area (Å²) in [6, 6.07) is 16.4. The number of nitrogens with zero attached hydrogens (tertiary/aromatic N) is 6. The first-order valence-corrected chi connectivity index (χ1v) is 12.1. The Labute approximate surface area is 215 Å². The van der Waals surface area contributed by atoms with Crippen LogP contribution >= 0.6 is 11.6 Å². The Bertz CT molecular complexity index is 1670. The van der Waals surface area contributed by atoms with E-state index in [9.17, 15) is 9.59 Å². The lowest BCUT2D eigenvalue weighted by Crippen LogP contribution is -2.23. The van der Waals surface area contributed by atoms with E-state index in [0.717, 1.165) is 58.1 Å². The number of tetrazole rings is 1. The molecule has 2 N–H and O–H groups in total. The van der Waals surface area contributed by atoms with Crippen molar-refractivity contribution in [2.75, 3.05) is 5.32 Å². The molecule has 0 saturated carbocycles. The first-order valence-electron chi connectivity index (χ1n) is 11.7. The van der Waals surface area contributed by atoms with E-state index in [2.05, 4.69) is 30.8 Å². The van der Waals surface area contributed by atoms with Crippen molar-refractivity contribution in [3.63, 3.8) is 0 Å². The molecule has 37 heavy (non-hydrogen) atoms. The van der Waals surface area contributed by atoms with Crippen LogP contribution in [0.2, 0.25) is 5.02 Å². The predicted molar refractivity (Wildman–Crippen MR) is 139 cm³/mol. The second-order valence-corrected chi connectivity index (χ2v) is 9.29. The molecule has 1 aliphatic heterocycles. The van der Waals surface area contributed by atoms with Crippen molar-refractivity contribution in [3.8, 4) is 28.1 Å². The number of anilines is 1. The number of H-pyrrole nitrogens is 1. The number of rotatable bonds is 5. The van der Waals surface area contributed by atoms with Crippen molar-refractivity contribution in [1.29, 1.82) is 0 Å².